The van der Waals surface area contributed by atoms with Crippen LogP contribution in [0, 0.1) is 0 Å². The Hall–Kier alpha value is -2.07. The zero-order valence-corrected chi connectivity index (χ0v) is 11.4. The highest BCUT2D eigenvalue weighted by Crippen LogP contribution is 2.25. The molecule has 0 radical (unpaired) electrons. The van der Waals surface area contributed by atoms with E-state index in [2.05, 4.69) is 4.98 Å². The highest BCUT2D eigenvalue weighted by atomic mass is 16.5. The van der Waals surface area contributed by atoms with Crippen LogP contribution in [-0.2, 0) is 0 Å². The molecule has 2 rings (SSSR count). The number of benzene rings is 1. The molecule has 4 heteroatoms. The van der Waals surface area contributed by atoms with Gasteiger partial charge in [0, 0.05) is 25.0 Å². The van der Waals surface area contributed by atoms with Crippen molar-refractivity contribution in [1.29, 1.82) is 0 Å². The van der Waals surface area contributed by atoms with E-state index in [-0.39, 0.29) is 0 Å². The van der Waals surface area contributed by atoms with Crippen LogP contribution < -0.4 is 9.64 Å². The molecule has 0 spiro atoms. The first-order valence-corrected chi connectivity index (χ1v) is 6.13. The topological polar surface area (TPSA) is 45.6 Å². The van der Waals surface area contributed by atoms with Gasteiger partial charge in [0.05, 0.1) is 13.2 Å². The van der Waals surface area contributed by atoms with Crippen molar-refractivity contribution in [2.24, 2.45) is 0 Å². The minimum absolute atomic E-state index is 0.497. The maximum atomic E-state index is 9.47. The molecular weight excluding hydrogens is 240 g/mol. The Kier molecular flexibility index (Phi) is 4.02. The molecule has 0 saturated carbocycles. The van der Waals surface area contributed by atoms with E-state index in [1.54, 1.807) is 20.2 Å². The molecule has 2 aromatic rings. The van der Waals surface area contributed by atoms with Crippen LogP contribution in [0.15, 0.2) is 42.6 Å². The highest BCUT2D eigenvalue weighted by molar-refractivity contribution is 5.60. The van der Waals surface area contributed by atoms with Gasteiger partial charge in [-0.1, -0.05) is 12.1 Å². The number of hydrogen-bond acceptors (Lipinski definition) is 4. The maximum Gasteiger partial charge on any atom is 0.132 e. The quantitative estimate of drug-likeness (QED) is 0.916. The molecule has 1 atom stereocenters. The second-order valence-electron chi connectivity index (χ2n) is 4.39. The lowest BCUT2D eigenvalue weighted by molar-refractivity contribution is 0.199. The fraction of sp³-hybridized carbons (Fsp3) is 0.267. The van der Waals surface area contributed by atoms with Gasteiger partial charge in [-0.05, 0) is 30.7 Å². The third-order valence-corrected chi connectivity index (χ3v) is 3.04. The molecule has 19 heavy (non-hydrogen) atoms. The van der Waals surface area contributed by atoms with Gasteiger partial charge in [0.25, 0.3) is 0 Å². The lowest BCUT2D eigenvalue weighted by Crippen LogP contribution is -2.11. The second-order valence-corrected chi connectivity index (χ2v) is 4.39. The van der Waals surface area contributed by atoms with Crippen molar-refractivity contribution in [3.05, 3.63) is 48.2 Å². The second kappa shape index (κ2) is 5.71. The summed E-state index contributed by atoms with van der Waals surface area (Å²) < 4.78 is 5.21. The predicted molar refractivity (Wildman–Crippen MR) is 75.9 cm³/mol. The molecule has 1 N–H and O–H groups in total. The lowest BCUT2D eigenvalue weighted by atomic mass is 10.2. The third kappa shape index (κ3) is 3.03. The third-order valence-electron chi connectivity index (χ3n) is 3.04. The number of aromatic nitrogens is 1. The van der Waals surface area contributed by atoms with Gasteiger partial charge in [0.2, 0.25) is 0 Å². The number of methoxy groups -OCH3 is 1. The standard InChI is InChI=1S/C15H18N2O2/c1-11(18)12-7-8-15(16-10-12)17(2)13-5-4-6-14(9-13)19-3/h4-11,18H,1-3H3. The van der Waals surface area contributed by atoms with Gasteiger partial charge in [0.1, 0.15) is 11.6 Å². The molecule has 0 saturated heterocycles. The van der Waals surface area contributed by atoms with Crippen molar-refractivity contribution in [2.75, 3.05) is 19.1 Å². The van der Waals surface area contributed by atoms with E-state index in [4.69, 9.17) is 4.74 Å². The fourth-order valence-corrected chi connectivity index (χ4v) is 1.79. The van der Waals surface area contributed by atoms with E-state index in [0.29, 0.717) is 0 Å². The molecular formula is C15H18N2O2. The number of nitrogens with zero attached hydrogens (tertiary/aromatic N) is 2. The summed E-state index contributed by atoms with van der Waals surface area (Å²) in [5, 5.41) is 9.47. The van der Waals surface area contributed by atoms with E-state index in [9.17, 15) is 5.11 Å². The monoisotopic (exact) mass is 258 g/mol. The molecule has 1 heterocycles. The SMILES string of the molecule is COc1cccc(N(C)c2ccc(C(C)O)cn2)c1. The van der Waals surface area contributed by atoms with E-state index in [0.717, 1.165) is 22.8 Å². The van der Waals surface area contributed by atoms with Crippen molar-refractivity contribution in [3.63, 3.8) is 0 Å². The van der Waals surface area contributed by atoms with Gasteiger partial charge < -0.3 is 14.7 Å². The summed E-state index contributed by atoms with van der Waals surface area (Å²) in [7, 11) is 3.59. The summed E-state index contributed by atoms with van der Waals surface area (Å²) in [4.78, 5) is 6.32. The molecule has 0 fully saturated rings. The number of hydrogen-bond donors (Lipinski definition) is 1. The number of rotatable bonds is 4. The van der Waals surface area contributed by atoms with Crippen LogP contribution >= 0.6 is 0 Å². The van der Waals surface area contributed by atoms with E-state index in [1.165, 1.54) is 0 Å². The van der Waals surface area contributed by atoms with Crippen LogP contribution in [0.3, 0.4) is 0 Å². The molecule has 1 unspecified atom stereocenters. The summed E-state index contributed by atoms with van der Waals surface area (Å²) in [5.74, 6) is 1.63. The van der Waals surface area contributed by atoms with Crippen molar-refractivity contribution in [2.45, 2.75) is 13.0 Å². The van der Waals surface area contributed by atoms with Crippen molar-refractivity contribution >= 4 is 11.5 Å². The van der Waals surface area contributed by atoms with Crippen LogP contribution in [0.5, 0.6) is 5.75 Å². The predicted octanol–water partition coefficient (Wildman–Crippen LogP) is 2.91. The number of ether oxygens (including phenoxy) is 1. The van der Waals surface area contributed by atoms with Crippen molar-refractivity contribution in [3.8, 4) is 5.75 Å². The summed E-state index contributed by atoms with van der Waals surface area (Å²) in [6, 6.07) is 11.6. The molecule has 0 aliphatic heterocycles. The van der Waals surface area contributed by atoms with Gasteiger partial charge in [-0.15, -0.1) is 0 Å². The Morgan fingerprint density at radius 3 is 2.63 bits per heavy atom. The zero-order valence-electron chi connectivity index (χ0n) is 11.4. The largest absolute Gasteiger partial charge is 0.497 e. The number of pyridine rings is 1. The van der Waals surface area contributed by atoms with E-state index >= 15 is 0 Å². The summed E-state index contributed by atoms with van der Waals surface area (Å²) >= 11 is 0. The van der Waals surface area contributed by atoms with Crippen molar-refractivity contribution in [1.82, 2.24) is 4.98 Å². The summed E-state index contributed by atoms with van der Waals surface area (Å²) in [6.07, 6.45) is 1.19. The number of anilines is 2. The Labute approximate surface area is 113 Å². The summed E-state index contributed by atoms with van der Waals surface area (Å²) in [6.45, 7) is 1.72. The van der Waals surface area contributed by atoms with E-state index < -0.39 is 6.10 Å². The Bertz CT molecular complexity index is 538. The van der Waals surface area contributed by atoms with Gasteiger partial charge >= 0.3 is 0 Å². The van der Waals surface area contributed by atoms with Crippen LogP contribution in [0.2, 0.25) is 0 Å². The molecule has 4 nitrogen and oxygen atoms in total. The number of aliphatic hydroxyl groups excluding tert-OH is 1. The molecule has 100 valence electrons. The number of aliphatic hydroxyl groups is 1. The molecule has 0 aliphatic carbocycles. The van der Waals surface area contributed by atoms with E-state index in [1.807, 2.05) is 48.3 Å². The lowest BCUT2D eigenvalue weighted by Gasteiger charge is -2.19. The fourth-order valence-electron chi connectivity index (χ4n) is 1.79. The molecule has 1 aromatic heterocycles. The smallest absolute Gasteiger partial charge is 0.132 e. The Morgan fingerprint density at radius 1 is 1.26 bits per heavy atom. The minimum atomic E-state index is -0.497. The van der Waals surface area contributed by atoms with Gasteiger partial charge in [-0.25, -0.2) is 4.98 Å². The van der Waals surface area contributed by atoms with Gasteiger partial charge in [-0.3, -0.25) is 0 Å². The maximum absolute atomic E-state index is 9.47. The van der Waals surface area contributed by atoms with Crippen molar-refractivity contribution < 1.29 is 9.84 Å². The average Bonchev–Trinajstić information content (AvgIpc) is 2.46. The average molecular weight is 258 g/mol. The molecule has 0 aliphatic rings. The minimum Gasteiger partial charge on any atom is -0.497 e. The summed E-state index contributed by atoms with van der Waals surface area (Å²) in [5.41, 5.74) is 1.81. The Balaban J connectivity index is 2.25. The van der Waals surface area contributed by atoms with Crippen LogP contribution in [0.1, 0.15) is 18.6 Å². The first kappa shape index (κ1) is 13.4. The van der Waals surface area contributed by atoms with Gasteiger partial charge in [-0.2, -0.15) is 0 Å². The highest BCUT2D eigenvalue weighted by Gasteiger charge is 2.07. The molecule has 0 amide bonds. The first-order chi connectivity index (χ1) is 9.11. The first-order valence-electron chi connectivity index (χ1n) is 6.13. The zero-order chi connectivity index (χ0) is 13.8. The normalized spacial score (nSPS) is 12.0. The van der Waals surface area contributed by atoms with Crippen LogP contribution in [-0.4, -0.2) is 24.2 Å². The van der Waals surface area contributed by atoms with Crippen LogP contribution in [0.4, 0.5) is 11.5 Å². The Morgan fingerprint density at radius 2 is 2.05 bits per heavy atom. The van der Waals surface area contributed by atoms with Crippen LogP contribution in [0.25, 0.3) is 0 Å². The molecule has 0 bridgehead atoms. The molecule has 1 aromatic carbocycles. The van der Waals surface area contributed by atoms with Gasteiger partial charge in [0.15, 0.2) is 0 Å².